The molecule has 2 saturated carbocycles. The van der Waals surface area contributed by atoms with Crippen LogP contribution in [0.25, 0.3) is 0 Å². The third-order valence-corrected chi connectivity index (χ3v) is 6.79. The molecule has 0 aliphatic heterocycles. The lowest BCUT2D eigenvalue weighted by Gasteiger charge is -2.16. The van der Waals surface area contributed by atoms with Crippen molar-refractivity contribution in [2.45, 2.75) is 62.3 Å². The zero-order valence-electron chi connectivity index (χ0n) is 16.3. The quantitative estimate of drug-likeness (QED) is 0.416. The van der Waals surface area contributed by atoms with E-state index in [1.165, 1.54) is 50.7 Å². The number of benzene rings is 1. The first-order chi connectivity index (χ1) is 13.0. The van der Waals surface area contributed by atoms with Gasteiger partial charge in [-0.25, -0.2) is 13.1 Å². The molecule has 1 amide bonds. The molecule has 0 aromatic heterocycles. The summed E-state index contributed by atoms with van der Waals surface area (Å²) in [6.07, 6.45) is 9.79. The van der Waals surface area contributed by atoms with Crippen molar-refractivity contribution in [1.82, 2.24) is 15.4 Å². The van der Waals surface area contributed by atoms with Crippen LogP contribution >= 0.6 is 12.4 Å². The summed E-state index contributed by atoms with van der Waals surface area (Å²) in [7, 11) is -3.56. The summed E-state index contributed by atoms with van der Waals surface area (Å²) in [6.45, 7) is 1.75. The van der Waals surface area contributed by atoms with E-state index in [1.54, 1.807) is 12.1 Å². The standard InChI is InChI=1S/C20H31N3O3S.ClH/c24-20(22-13-12-21-18-7-3-1-2-4-8-18)17-6-5-9-19(14-17)27(25,26)23-15-16-10-11-16;/h5-6,9,14,16,18,21,23H,1-4,7-8,10-13,15H2,(H,22,24);1H. The molecule has 1 aromatic carbocycles. The number of carbonyl (C=O) groups is 1. The second-order valence-electron chi connectivity index (χ2n) is 7.72. The van der Waals surface area contributed by atoms with E-state index in [4.69, 9.17) is 0 Å². The van der Waals surface area contributed by atoms with Crippen LogP contribution in [0.5, 0.6) is 0 Å². The highest BCUT2D eigenvalue weighted by Gasteiger charge is 2.24. The normalized spacial score (nSPS) is 18.1. The summed E-state index contributed by atoms with van der Waals surface area (Å²) in [5, 5.41) is 6.39. The van der Waals surface area contributed by atoms with Crippen LogP contribution in [0, 0.1) is 5.92 Å². The molecule has 0 spiro atoms. The van der Waals surface area contributed by atoms with Crippen molar-refractivity contribution < 1.29 is 13.2 Å². The van der Waals surface area contributed by atoms with E-state index in [1.807, 2.05) is 0 Å². The Morgan fingerprint density at radius 2 is 1.71 bits per heavy atom. The maximum atomic E-state index is 12.4. The lowest BCUT2D eigenvalue weighted by atomic mass is 10.1. The van der Waals surface area contributed by atoms with Gasteiger partial charge in [0.05, 0.1) is 4.90 Å². The fourth-order valence-electron chi connectivity index (χ4n) is 3.48. The van der Waals surface area contributed by atoms with Gasteiger partial charge in [0, 0.05) is 31.2 Å². The van der Waals surface area contributed by atoms with Crippen molar-refractivity contribution in [1.29, 1.82) is 0 Å². The molecule has 8 heteroatoms. The van der Waals surface area contributed by atoms with Crippen molar-refractivity contribution in [3.63, 3.8) is 0 Å². The molecule has 0 saturated heterocycles. The van der Waals surface area contributed by atoms with Gasteiger partial charge in [-0.15, -0.1) is 12.4 Å². The highest BCUT2D eigenvalue weighted by molar-refractivity contribution is 7.89. The second-order valence-corrected chi connectivity index (χ2v) is 9.49. The fourth-order valence-corrected chi connectivity index (χ4v) is 4.64. The molecule has 0 radical (unpaired) electrons. The van der Waals surface area contributed by atoms with Crippen molar-refractivity contribution in [3.05, 3.63) is 29.8 Å². The summed E-state index contributed by atoms with van der Waals surface area (Å²) in [5.41, 5.74) is 0.374. The first-order valence-electron chi connectivity index (χ1n) is 10.2. The van der Waals surface area contributed by atoms with Crippen molar-refractivity contribution in [3.8, 4) is 0 Å². The molecule has 28 heavy (non-hydrogen) atoms. The van der Waals surface area contributed by atoms with E-state index < -0.39 is 10.0 Å². The second kappa shape index (κ2) is 11.1. The van der Waals surface area contributed by atoms with E-state index in [9.17, 15) is 13.2 Å². The van der Waals surface area contributed by atoms with Crippen LogP contribution < -0.4 is 15.4 Å². The molecule has 0 unspecified atom stereocenters. The Bertz CT molecular complexity index is 730. The summed E-state index contributed by atoms with van der Waals surface area (Å²) < 4.78 is 27.3. The minimum absolute atomic E-state index is 0. The predicted molar refractivity (Wildman–Crippen MR) is 113 cm³/mol. The zero-order chi connectivity index (χ0) is 19.1. The van der Waals surface area contributed by atoms with Crippen molar-refractivity contribution in [2.24, 2.45) is 5.92 Å². The number of rotatable bonds is 9. The van der Waals surface area contributed by atoms with Gasteiger partial charge < -0.3 is 10.6 Å². The Balaban J connectivity index is 0.00000280. The van der Waals surface area contributed by atoms with Crippen LogP contribution in [0.15, 0.2) is 29.2 Å². The number of halogens is 1. The molecule has 0 bridgehead atoms. The van der Waals surface area contributed by atoms with E-state index in [-0.39, 0.29) is 23.2 Å². The van der Waals surface area contributed by atoms with Gasteiger partial charge in [-0.1, -0.05) is 31.7 Å². The lowest BCUT2D eigenvalue weighted by molar-refractivity contribution is 0.0953. The molecule has 0 atom stereocenters. The summed E-state index contributed by atoms with van der Waals surface area (Å²) in [5.74, 6) is 0.226. The third-order valence-electron chi connectivity index (χ3n) is 5.36. The highest BCUT2D eigenvalue weighted by atomic mass is 35.5. The Morgan fingerprint density at radius 1 is 1.00 bits per heavy atom. The van der Waals surface area contributed by atoms with Gasteiger partial charge in [0.2, 0.25) is 10.0 Å². The summed E-state index contributed by atoms with van der Waals surface area (Å²) in [4.78, 5) is 12.5. The van der Waals surface area contributed by atoms with Gasteiger partial charge in [-0.3, -0.25) is 4.79 Å². The molecular weight excluding hydrogens is 398 g/mol. The van der Waals surface area contributed by atoms with Crippen molar-refractivity contribution in [2.75, 3.05) is 19.6 Å². The lowest BCUT2D eigenvalue weighted by Crippen LogP contribution is -2.37. The monoisotopic (exact) mass is 429 g/mol. The van der Waals surface area contributed by atoms with Crippen LogP contribution in [0.1, 0.15) is 61.7 Å². The number of carbonyl (C=O) groups excluding carboxylic acids is 1. The maximum Gasteiger partial charge on any atom is 0.251 e. The first kappa shape index (κ1) is 23.1. The van der Waals surface area contributed by atoms with Gasteiger partial charge in [-0.05, 0) is 49.8 Å². The topological polar surface area (TPSA) is 87.3 Å². The van der Waals surface area contributed by atoms with Gasteiger partial charge in [0.25, 0.3) is 5.91 Å². The first-order valence-corrected chi connectivity index (χ1v) is 11.6. The van der Waals surface area contributed by atoms with Gasteiger partial charge in [-0.2, -0.15) is 0 Å². The third kappa shape index (κ3) is 7.35. The number of hydrogen-bond acceptors (Lipinski definition) is 4. The molecule has 2 fully saturated rings. The van der Waals surface area contributed by atoms with E-state index in [0.717, 1.165) is 19.4 Å². The van der Waals surface area contributed by atoms with E-state index >= 15 is 0 Å². The van der Waals surface area contributed by atoms with Crippen LogP contribution in [0.3, 0.4) is 0 Å². The summed E-state index contributed by atoms with van der Waals surface area (Å²) >= 11 is 0. The molecule has 0 heterocycles. The van der Waals surface area contributed by atoms with Gasteiger partial charge in [0.15, 0.2) is 0 Å². The van der Waals surface area contributed by atoms with E-state index in [2.05, 4.69) is 15.4 Å². The molecule has 2 aliphatic rings. The number of amides is 1. The Kier molecular flexibility index (Phi) is 9.21. The number of nitrogens with one attached hydrogen (secondary N) is 3. The molecular formula is C20H32ClN3O3S. The Hall–Kier alpha value is -1.15. The predicted octanol–water partition coefficient (Wildman–Crippen LogP) is 2.84. The molecule has 6 nitrogen and oxygen atoms in total. The van der Waals surface area contributed by atoms with Gasteiger partial charge in [0.1, 0.15) is 0 Å². The Morgan fingerprint density at radius 3 is 2.39 bits per heavy atom. The number of sulfonamides is 1. The molecule has 3 rings (SSSR count). The van der Waals surface area contributed by atoms with E-state index in [0.29, 0.717) is 30.6 Å². The average molecular weight is 430 g/mol. The minimum Gasteiger partial charge on any atom is -0.351 e. The van der Waals surface area contributed by atoms with Gasteiger partial charge >= 0.3 is 0 Å². The molecule has 1 aromatic rings. The molecule has 2 aliphatic carbocycles. The molecule has 3 N–H and O–H groups in total. The number of hydrogen-bond donors (Lipinski definition) is 3. The minimum atomic E-state index is -3.56. The van der Waals surface area contributed by atoms with Crippen LogP contribution in [-0.2, 0) is 10.0 Å². The highest BCUT2D eigenvalue weighted by Crippen LogP contribution is 2.28. The maximum absolute atomic E-state index is 12.4. The Labute approximate surface area is 174 Å². The average Bonchev–Trinajstić information content (AvgIpc) is 3.51. The zero-order valence-corrected chi connectivity index (χ0v) is 17.9. The largest absolute Gasteiger partial charge is 0.351 e. The van der Waals surface area contributed by atoms with Crippen LogP contribution in [0.4, 0.5) is 0 Å². The van der Waals surface area contributed by atoms with Crippen molar-refractivity contribution >= 4 is 28.3 Å². The molecule has 158 valence electrons. The van der Waals surface area contributed by atoms with Crippen LogP contribution in [0.2, 0.25) is 0 Å². The smallest absolute Gasteiger partial charge is 0.251 e. The summed E-state index contributed by atoms with van der Waals surface area (Å²) in [6, 6.07) is 6.79. The SMILES string of the molecule is Cl.O=C(NCCNC1CCCCCC1)c1cccc(S(=O)(=O)NCC2CC2)c1. The van der Waals surface area contributed by atoms with Crippen LogP contribution in [-0.4, -0.2) is 40.0 Å². The fraction of sp³-hybridized carbons (Fsp3) is 0.650.